The van der Waals surface area contributed by atoms with Crippen molar-refractivity contribution in [3.8, 4) is 22.3 Å². The van der Waals surface area contributed by atoms with Gasteiger partial charge in [-0.1, -0.05) is 109 Å². The third kappa shape index (κ3) is 7.51. The van der Waals surface area contributed by atoms with E-state index in [1.165, 1.54) is 35.4 Å². The van der Waals surface area contributed by atoms with Gasteiger partial charge in [0.05, 0.1) is 11.1 Å². The van der Waals surface area contributed by atoms with Crippen LogP contribution in [0.3, 0.4) is 0 Å². The Morgan fingerprint density at radius 1 is 0.365 bits per heavy atom. The summed E-state index contributed by atoms with van der Waals surface area (Å²) in [6.07, 6.45) is -4.59. The van der Waals surface area contributed by atoms with Crippen molar-refractivity contribution in [2.45, 2.75) is 25.4 Å². The van der Waals surface area contributed by atoms with E-state index in [2.05, 4.69) is 33.4 Å². The molecule has 260 valence electrons. The van der Waals surface area contributed by atoms with Gasteiger partial charge in [0.2, 0.25) is 0 Å². The highest BCUT2D eigenvalue weighted by atomic mass is 19.4. The molecule has 0 aliphatic carbocycles. The second-order valence-corrected chi connectivity index (χ2v) is 12.5. The lowest BCUT2D eigenvalue weighted by atomic mass is 10.0. The van der Waals surface area contributed by atoms with Crippen LogP contribution in [0.25, 0.3) is 44.1 Å². The van der Waals surface area contributed by atoms with Crippen molar-refractivity contribution in [2.24, 2.45) is 0 Å². The second-order valence-electron chi connectivity index (χ2n) is 12.5. The molecule has 0 saturated carbocycles. The molecule has 0 aliphatic rings. The van der Waals surface area contributed by atoms with E-state index in [1.807, 2.05) is 97.3 Å². The monoisotopic (exact) mass is 702 g/mol. The third-order valence-electron chi connectivity index (χ3n) is 9.07. The summed E-state index contributed by atoms with van der Waals surface area (Å²) in [5.74, 6) is 0. The zero-order valence-electron chi connectivity index (χ0n) is 27.7. The molecule has 0 spiro atoms. The van der Waals surface area contributed by atoms with Crippen molar-refractivity contribution in [1.82, 2.24) is 9.13 Å². The summed E-state index contributed by atoms with van der Waals surface area (Å²) in [5, 5.41) is 2.06. The molecule has 0 bridgehead atoms. The molecule has 2 nitrogen and oxygen atoms in total. The van der Waals surface area contributed by atoms with Gasteiger partial charge in [0.15, 0.2) is 0 Å². The average Bonchev–Trinajstić information content (AvgIpc) is 3.76. The van der Waals surface area contributed by atoms with Gasteiger partial charge in [0.25, 0.3) is 0 Å². The number of benzene rings is 6. The highest BCUT2D eigenvalue weighted by Crippen LogP contribution is 2.35. The van der Waals surface area contributed by atoms with Gasteiger partial charge in [-0.25, -0.2) is 0 Å². The smallest absolute Gasteiger partial charge is 0.343 e. The first kappa shape index (κ1) is 34.4. The van der Waals surface area contributed by atoms with E-state index in [0.717, 1.165) is 81.4 Å². The standard InChI is InChI=1S/2C22H16F3N/c2*23-22(24,25)18-11-9-17(10-12-18)19-7-4-8-21-20(19)13-14-26(21)15-16-5-2-1-3-6-16/h2*1-14H,15H2. The van der Waals surface area contributed by atoms with Crippen molar-refractivity contribution in [2.75, 3.05) is 0 Å². The summed E-state index contributed by atoms with van der Waals surface area (Å²) in [4.78, 5) is 0. The SMILES string of the molecule is FC(F)(F)c1ccc(-c2cccc3c2ccn3Cc2ccccc2)cc1.FC(F)(F)c1ccc(-c2cccc3c2ccn3Cc2ccccc2)cc1. The molecule has 0 fully saturated rings. The molecule has 2 aromatic heterocycles. The Bertz CT molecular complexity index is 2230. The lowest BCUT2D eigenvalue weighted by Gasteiger charge is -2.10. The fourth-order valence-electron chi connectivity index (χ4n) is 6.46. The molecular formula is C44H32F6N2. The lowest BCUT2D eigenvalue weighted by Crippen LogP contribution is -2.04. The molecule has 8 rings (SSSR count). The van der Waals surface area contributed by atoms with Crippen LogP contribution in [-0.4, -0.2) is 9.13 Å². The predicted molar refractivity (Wildman–Crippen MR) is 196 cm³/mol. The number of hydrogen-bond acceptors (Lipinski definition) is 0. The summed E-state index contributed by atoms with van der Waals surface area (Å²) >= 11 is 0. The van der Waals surface area contributed by atoms with Gasteiger partial charge >= 0.3 is 12.4 Å². The highest BCUT2D eigenvalue weighted by molar-refractivity contribution is 5.96. The van der Waals surface area contributed by atoms with Crippen molar-refractivity contribution >= 4 is 21.8 Å². The van der Waals surface area contributed by atoms with Gasteiger partial charge < -0.3 is 9.13 Å². The molecule has 8 aromatic rings. The maximum absolute atomic E-state index is 12.8. The number of alkyl halides is 6. The topological polar surface area (TPSA) is 9.86 Å². The summed E-state index contributed by atoms with van der Waals surface area (Å²) < 4.78 is 81.0. The Morgan fingerprint density at radius 3 is 1.08 bits per heavy atom. The fourth-order valence-corrected chi connectivity index (χ4v) is 6.46. The second kappa shape index (κ2) is 14.3. The van der Waals surface area contributed by atoms with E-state index < -0.39 is 23.5 Å². The molecule has 0 atom stereocenters. The van der Waals surface area contributed by atoms with Crippen LogP contribution in [0.5, 0.6) is 0 Å². The number of rotatable bonds is 6. The Hall–Kier alpha value is -6.02. The Labute approximate surface area is 296 Å². The molecule has 0 unspecified atom stereocenters. The van der Waals surface area contributed by atoms with Crippen LogP contribution in [0.2, 0.25) is 0 Å². The van der Waals surface area contributed by atoms with E-state index in [9.17, 15) is 26.3 Å². The number of hydrogen-bond donors (Lipinski definition) is 0. The Kier molecular flexibility index (Phi) is 9.47. The van der Waals surface area contributed by atoms with E-state index >= 15 is 0 Å². The van der Waals surface area contributed by atoms with Crippen LogP contribution < -0.4 is 0 Å². The Morgan fingerprint density at radius 2 is 0.731 bits per heavy atom. The summed E-state index contributed by atoms with van der Waals surface area (Å²) in [7, 11) is 0. The minimum Gasteiger partial charge on any atom is -0.343 e. The Balaban J connectivity index is 0.000000162. The molecule has 0 N–H and O–H groups in total. The van der Waals surface area contributed by atoms with E-state index in [-0.39, 0.29) is 0 Å². The fraction of sp³-hybridized carbons (Fsp3) is 0.0909. The van der Waals surface area contributed by atoms with Crippen LogP contribution in [-0.2, 0) is 25.4 Å². The molecule has 2 heterocycles. The van der Waals surface area contributed by atoms with Crippen LogP contribution in [0.15, 0.2) is 170 Å². The molecule has 0 aliphatic heterocycles. The van der Waals surface area contributed by atoms with Gasteiger partial charge in [0.1, 0.15) is 0 Å². The molecule has 0 saturated heterocycles. The molecular weight excluding hydrogens is 670 g/mol. The van der Waals surface area contributed by atoms with Crippen molar-refractivity contribution in [3.05, 3.63) is 192 Å². The molecule has 0 radical (unpaired) electrons. The largest absolute Gasteiger partial charge is 0.416 e. The van der Waals surface area contributed by atoms with Crippen LogP contribution in [0.4, 0.5) is 26.3 Å². The van der Waals surface area contributed by atoms with Gasteiger partial charge in [-0.3, -0.25) is 0 Å². The first-order chi connectivity index (χ1) is 25.0. The van der Waals surface area contributed by atoms with Gasteiger partial charge in [-0.2, -0.15) is 26.3 Å². The number of nitrogens with zero attached hydrogens (tertiary/aromatic N) is 2. The maximum atomic E-state index is 12.8. The normalized spacial score (nSPS) is 11.8. The molecule has 8 heteroatoms. The van der Waals surface area contributed by atoms with Gasteiger partial charge in [0, 0.05) is 47.3 Å². The number of halogens is 6. The first-order valence-corrected chi connectivity index (χ1v) is 16.6. The zero-order chi connectivity index (χ0) is 36.3. The quantitative estimate of drug-likeness (QED) is 0.153. The molecule has 52 heavy (non-hydrogen) atoms. The van der Waals surface area contributed by atoms with Crippen LogP contribution in [0.1, 0.15) is 22.3 Å². The zero-order valence-corrected chi connectivity index (χ0v) is 27.7. The number of fused-ring (bicyclic) bond motifs is 2. The van der Waals surface area contributed by atoms with Crippen molar-refractivity contribution in [3.63, 3.8) is 0 Å². The van der Waals surface area contributed by atoms with Crippen molar-refractivity contribution in [1.29, 1.82) is 0 Å². The minimum atomic E-state index is -4.32. The first-order valence-electron chi connectivity index (χ1n) is 16.6. The van der Waals surface area contributed by atoms with E-state index in [0.29, 0.717) is 0 Å². The third-order valence-corrected chi connectivity index (χ3v) is 9.07. The number of aromatic nitrogens is 2. The van der Waals surface area contributed by atoms with Crippen LogP contribution in [0, 0.1) is 0 Å². The molecule has 6 aromatic carbocycles. The van der Waals surface area contributed by atoms with Crippen molar-refractivity contribution < 1.29 is 26.3 Å². The summed E-state index contributed by atoms with van der Waals surface area (Å²) in [6, 6.07) is 46.9. The van der Waals surface area contributed by atoms with Gasteiger partial charge in [-0.15, -0.1) is 0 Å². The van der Waals surface area contributed by atoms with E-state index in [4.69, 9.17) is 0 Å². The molecule has 0 amide bonds. The van der Waals surface area contributed by atoms with Gasteiger partial charge in [-0.05, 0) is 81.9 Å². The minimum absolute atomic E-state index is 0.630. The average molecular weight is 703 g/mol. The van der Waals surface area contributed by atoms with Crippen LogP contribution >= 0.6 is 0 Å². The maximum Gasteiger partial charge on any atom is 0.416 e. The highest BCUT2D eigenvalue weighted by Gasteiger charge is 2.31. The summed E-state index contributed by atoms with van der Waals surface area (Å²) in [5.41, 5.74) is 6.69. The van der Waals surface area contributed by atoms with E-state index in [1.54, 1.807) is 0 Å². The predicted octanol–water partition coefficient (Wildman–Crippen LogP) is 12.8. The summed E-state index contributed by atoms with van der Waals surface area (Å²) in [6.45, 7) is 1.50. The lowest BCUT2D eigenvalue weighted by molar-refractivity contribution is -0.138.